The molecule has 90 valence electrons. The molecule has 0 amide bonds. The highest BCUT2D eigenvalue weighted by Gasteiger charge is 2.15. The molecule has 1 aliphatic rings. The lowest BCUT2D eigenvalue weighted by atomic mass is 10.2. The number of aromatic nitrogens is 1. The Labute approximate surface area is 102 Å². The molecule has 3 rings (SSSR count). The maximum absolute atomic E-state index is 5.42. The molecule has 3 heteroatoms. The molecular weight excluding hydrogens is 212 g/mol. The fourth-order valence-corrected chi connectivity index (χ4v) is 2.59. The molecule has 17 heavy (non-hydrogen) atoms. The zero-order valence-electron chi connectivity index (χ0n) is 10.4. The first-order chi connectivity index (χ1) is 8.27. The van der Waals surface area contributed by atoms with Crippen molar-refractivity contribution in [2.75, 3.05) is 31.2 Å². The summed E-state index contributed by atoms with van der Waals surface area (Å²) in [5.41, 5.74) is 3.98. The highest BCUT2D eigenvalue weighted by atomic mass is 16.5. The second-order valence-corrected chi connectivity index (χ2v) is 4.66. The van der Waals surface area contributed by atoms with Crippen molar-refractivity contribution in [2.45, 2.75) is 6.92 Å². The van der Waals surface area contributed by atoms with Gasteiger partial charge in [-0.15, -0.1) is 0 Å². The summed E-state index contributed by atoms with van der Waals surface area (Å²) in [6.45, 7) is 5.80. The van der Waals surface area contributed by atoms with E-state index >= 15 is 0 Å². The van der Waals surface area contributed by atoms with Gasteiger partial charge in [0.1, 0.15) is 0 Å². The second kappa shape index (κ2) is 4.08. The van der Waals surface area contributed by atoms with Gasteiger partial charge in [0.15, 0.2) is 0 Å². The third-order valence-corrected chi connectivity index (χ3v) is 3.63. The minimum absolute atomic E-state index is 0.833. The van der Waals surface area contributed by atoms with Crippen molar-refractivity contribution in [2.24, 2.45) is 7.05 Å². The number of hydrogen-bond donors (Lipinski definition) is 0. The Morgan fingerprint density at radius 2 is 1.94 bits per heavy atom. The van der Waals surface area contributed by atoms with E-state index in [1.165, 1.54) is 22.3 Å². The lowest BCUT2D eigenvalue weighted by Gasteiger charge is -2.29. The number of benzene rings is 1. The number of anilines is 1. The van der Waals surface area contributed by atoms with Gasteiger partial charge in [-0.05, 0) is 19.1 Å². The largest absolute Gasteiger partial charge is 0.378 e. The van der Waals surface area contributed by atoms with Crippen LogP contribution in [0, 0.1) is 6.92 Å². The molecule has 1 aliphatic heterocycles. The van der Waals surface area contributed by atoms with Crippen LogP contribution < -0.4 is 4.90 Å². The fraction of sp³-hybridized carbons (Fsp3) is 0.429. The van der Waals surface area contributed by atoms with Crippen LogP contribution in [0.15, 0.2) is 24.3 Å². The SMILES string of the molecule is Cc1cc2cccc(N3CCOCC3)c2n1C. The quantitative estimate of drug-likeness (QED) is 0.748. The molecule has 0 bridgehead atoms. The molecule has 1 aromatic heterocycles. The standard InChI is InChI=1S/C14H18N2O/c1-11-10-12-4-3-5-13(14(12)15(11)2)16-6-8-17-9-7-16/h3-5,10H,6-9H2,1-2H3. The van der Waals surface area contributed by atoms with E-state index < -0.39 is 0 Å². The zero-order valence-corrected chi connectivity index (χ0v) is 10.4. The molecule has 3 nitrogen and oxygen atoms in total. The van der Waals surface area contributed by atoms with E-state index in [4.69, 9.17) is 4.74 Å². The maximum atomic E-state index is 5.42. The van der Waals surface area contributed by atoms with E-state index in [1.807, 2.05) is 0 Å². The molecule has 1 saturated heterocycles. The summed E-state index contributed by atoms with van der Waals surface area (Å²) in [4.78, 5) is 2.42. The number of rotatable bonds is 1. The van der Waals surface area contributed by atoms with Gasteiger partial charge < -0.3 is 14.2 Å². The fourth-order valence-electron chi connectivity index (χ4n) is 2.59. The second-order valence-electron chi connectivity index (χ2n) is 4.66. The van der Waals surface area contributed by atoms with Crippen molar-refractivity contribution in [1.82, 2.24) is 4.57 Å². The van der Waals surface area contributed by atoms with Crippen molar-refractivity contribution in [1.29, 1.82) is 0 Å². The zero-order chi connectivity index (χ0) is 11.8. The number of aryl methyl sites for hydroxylation is 2. The molecule has 0 spiro atoms. The number of para-hydroxylation sites is 1. The van der Waals surface area contributed by atoms with Crippen LogP contribution in [-0.2, 0) is 11.8 Å². The van der Waals surface area contributed by atoms with E-state index in [0.717, 1.165) is 26.3 Å². The van der Waals surface area contributed by atoms with Crippen molar-refractivity contribution in [3.8, 4) is 0 Å². The van der Waals surface area contributed by atoms with Gasteiger partial charge in [0.2, 0.25) is 0 Å². The van der Waals surface area contributed by atoms with Crippen molar-refractivity contribution in [3.63, 3.8) is 0 Å². The smallest absolute Gasteiger partial charge is 0.0717 e. The highest BCUT2D eigenvalue weighted by molar-refractivity contribution is 5.93. The van der Waals surface area contributed by atoms with Gasteiger partial charge in [0, 0.05) is 31.2 Å². The van der Waals surface area contributed by atoms with Crippen LogP contribution >= 0.6 is 0 Å². The topological polar surface area (TPSA) is 17.4 Å². The molecule has 0 aliphatic carbocycles. The van der Waals surface area contributed by atoms with Crippen LogP contribution in [-0.4, -0.2) is 30.9 Å². The summed E-state index contributed by atoms with van der Waals surface area (Å²) in [5.74, 6) is 0. The molecule has 0 saturated carbocycles. The summed E-state index contributed by atoms with van der Waals surface area (Å²) in [5, 5.41) is 1.33. The van der Waals surface area contributed by atoms with Crippen LogP contribution in [0.25, 0.3) is 10.9 Å². The Kier molecular flexibility index (Phi) is 2.56. The molecule has 2 heterocycles. The highest BCUT2D eigenvalue weighted by Crippen LogP contribution is 2.29. The number of nitrogens with zero attached hydrogens (tertiary/aromatic N) is 2. The van der Waals surface area contributed by atoms with Gasteiger partial charge in [0.05, 0.1) is 24.4 Å². The van der Waals surface area contributed by atoms with E-state index in [2.05, 4.69) is 47.7 Å². The number of ether oxygens (including phenoxy) is 1. The normalized spacial score (nSPS) is 16.7. The molecule has 1 aromatic carbocycles. The molecule has 0 N–H and O–H groups in total. The minimum atomic E-state index is 0.833. The van der Waals surface area contributed by atoms with Gasteiger partial charge >= 0.3 is 0 Å². The van der Waals surface area contributed by atoms with Crippen molar-refractivity contribution in [3.05, 3.63) is 30.0 Å². The number of morpholine rings is 1. The lowest BCUT2D eigenvalue weighted by molar-refractivity contribution is 0.123. The molecule has 0 atom stereocenters. The van der Waals surface area contributed by atoms with E-state index in [-0.39, 0.29) is 0 Å². The summed E-state index contributed by atoms with van der Waals surface area (Å²) in [7, 11) is 2.14. The van der Waals surface area contributed by atoms with Gasteiger partial charge in [-0.3, -0.25) is 0 Å². The predicted octanol–water partition coefficient (Wildman–Crippen LogP) is 2.32. The summed E-state index contributed by atoms with van der Waals surface area (Å²) >= 11 is 0. The Hall–Kier alpha value is -1.48. The van der Waals surface area contributed by atoms with Gasteiger partial charge in [0.25, 0.3) is 0 Å². The third kappa shape index (κ3) is 1.71. The first kappa shape index (κ1) is 10.7. The van der Waals surface area contributed by atoms with Crippen LogP contribution in [0.4, 0.5) is 5.69 Å². The minimum Gasteiger partial charge on any atom is -0.378 e. The average molecular weight is 230 g/mol. The Morgan fingerprint density at radius 1 is 1.18 bits per heavy atom. The predicted molar refractivity (Wildman–Crippen MR) is 70.7 cm³/mol. The first-order valence-corrected chi connectivity index (χ1v) is 6.15. The van der Waals surface area contributed by atoms with Gasteiger partial charge in [-0.2, -0.15) is 0 Å². The summed E-state index contributed by atoms with van der Waals surface area (Å²) in [6, 6.07) is 8.80. The molecule has 2 aromatic rings. The monoisotopic (exact) mass is 230 g/mol. The lowest BCUT2D eigenvalue weighted by Crippen LogP contribution is -2.36. The van der Waals surface area contributed by atoms with Gasteiger partial charge in [-0.25, -0.2) is 0 Å². The van der Waals surface area contributed by atoms with Crippen molar-refractivity contribution >= 4 is 16.6 Å². The molecule has 0 unspecified atom stereocenters. The number of fused-ring (bicyclic) bond motifs is 1. The molecule has 1 fully saturated rings. The van der Waals surface area contributed by atoms with E-state index in [9.17, 15) is 0 Å². The Morgan fingerprint density at radius 3 is 2.71 bits per heavy atom. The Balaban J connectivity index is 2.14. The molecule has 0 radical (unpaired) electrons. The molecular formula is C14H18N2O. The summed E-state index contributed by atoms with van der Waals surface area (Å²) in [6.07, 6.45) is 0. The average Bonchev–Trinajstić information content (AvgIpc) is 2.66. The summed E-state index contributed by atoms with van der Waals surface area (Å²) < 4.78 is 7.70. The maximum Gasteiger partial charge on any atom is 0.0717 e. The van der Waals surface area contributed by atoms with Crippen LogP contribution in [0.5, 0.6) is 0 Å². The van der Waals surface area contributed by atoms with Crippen LogP contribution in [0.2, 0.25) is 0 Å². The van der Waals surface area contributed by atoms with E-state index in [0.29, 0.717) is 0 Å². The third-order valence-electron chi connectivity index (χ3n) is 3.63. The van der Waals surface area contributed by atoms with Crippen LogP contribution in [0.1, 0.15) is 5.69 Å². The van der Waals surface area contributed by atoms with Crippen LogP contribution in [0.3, 0.4) is 0 Å². The Bertz CT molecular complexity index is 538. The van der Waals surface area contributed by atoms with Gasteiger partial charge in [-0.1, -0.05) is 12.1 Å². The van der Waals surface area contributed by atoms with Crippen molar-refractivity contribution < 1.29 is 4.74 Å². The first-order valence-electron chi connectivity index (χ1n) is 6.15. The number of hydrogen-bond acceptors (Lipinski definition) is 2. The van der Waals surface area contributed by atoms with E-state index in [1.54, 1.807) is 0 Å².